The van der Waals surface area contributed by atoms with E-state index in [1.54, 1.807) is 35.1 Å². The van der Waals surface area contributed by atoms with Gasteiger partial charge in [-0.25, -0.2) is 0 Å². The molecule has 0 radical (unpaired) electrons. The quantitative estimate of drug-likeness (QED) is 0.756. The van der Waals surface area contributed by atoms with Crippen molar-refractivity contribution in [1.82, 2.24) is 4.90 Å². The van der Waals surface area contributed by atoms with E-state index in [4.69, 9.17) is 10.5 Å². The summed E-state index contributed by atoms with van der Waals surface area (Å²) in [5.74, 6) is 0.920. The van der Waals surface area contributed by atoms with Gasteiger partial charge in [-0.15, -0.1) is 11.3 Å². The van der Waals surface area contributed by atoms with Crippen LogP contribution in [0.3, 0.4) is 0 Å². The van der Waals surface area contributed by atoms with Crippen molar-refractivity contribution >= 4 is 29.0 Å². The molecule has 108 valence electrons. The Labute approximate surface area is 123 Å². The summed E-state index contributed by atoms with van der Waals surface area (Å²) in [6.07, 6.45) is 2.74. The maximum Gasteiger partial charge on any atom is 0.239 e. The molecule has 1 amide bonds. The minimum Gasteiger partial charge on any atom is -0.383 e. The van der Waals surface area contributed by atoms with Crippen LogP contribution in [0, 0.1) is 0 Å². The normalized spacial score (nSPS) is 12.4. The molecule has 6 heteroatoms. The Morgan fingerprint density at radius 1 is 1.63 bits per heavy atom. The third kappa shape index (κ3) is 5.95. The van der Waals surface area contributed by atoms with Gasteiger partial charge in [-0.05, 0) is 29.9 Å². The lowest BCUT2D eigenvalue weighted by Crippen LogP contribution is -2.44. The average molecular weight is 302 g/mol. The van der Waals surface area contributed by atoms with Crippen LogP contribution in [0.1, 0.15) is 11.3 Å². The van der Waals surface area contributed by atoms with Crippen LogP contribution in [-0.2, 0) is 16.1 Å². The molecule has 1 aromatic rings. The Balaban J connectivity index is 2.58. The van der Waals surface area contributed by atoms with E-state index in [1.165, 1.54) is 4.88 Å². The van der Waals surface area contributed by atoms with Gasteiger partial charge in [0.1, 0.15) is 0 Å². The SMILES string of the molecule is COCCN(Cc1cccs1)C(=O)[C@@H](N)CCSC. The summed E-state index contributed by atoms with van der Waals surface area (Å²) in [6.45, 7) is 1.74. The number of hydrogen-bond donors (Lipinski definition) is 1. The molecule has 0 unspecified atom stereocenters. The molecule has 0 saturated carbocycles. The van der Waals surface area contributed by atoms with Gasteiger partial charge in [0.2, 0.25) is 5.91 Å². The molecule has 2 N–H and O–H groups in total. The number of rotatable bonds is 9. The molecule has 0 fully saturated rings. The molecule has 1 atom stereocenters. The van der Waals surface area contributed by atoms with Gasteiger partial charge in [-0.2, -0.15) is 11.8 Å². The topological polar surface area (TPSA) is 55.6 Å². The minimum absolute atomic E-state index is 0.0134. The molecular formula is C13H22N2O2S2. The van der Waals surface area contributed by atoms with Crippen LogP contribution in [0.25, 0.3) is 0 Å². The number of hydrogen-bond acceptors (Lipinski definition) is 5. The third-order valence-electron chi connectivity index (χ3n) is 2.75. The Morgan fingerprint density at radius 3 is 3.00 bits per heavy atom. The summed E-state index contributed by atoms with van der Waals surface area (Å²) in [4.78, 5) is 15.3. The summed E-state index contributed by atoms with van der Waals surface area (Å²) in [7, 11) is 1.64. The molecule has 0 spiro atoms. The summed E-state index contributed by atoms with van der Waals surface area (Å²) >= 11 is 3.36. The van der Waals surface area contributed by atoms with Crippen LogP contribution in [-0.4, -0.2) is 49.1 Å². The van der Waals surface area contributed by atoms with Crippen molar-refractivity contribution in [2.45, 2.75) is 19.0 Å². The lowest BCUT2D eigenvalue weighted by molar-refractivity contribution is -0.133. The van der Waals surface area contributed by atoms with Crippen LogP contribution in [0.4, 0.5) is 0 Å². The van der Waals surface area contributed by atoms with Crippen LogP contribution in [0.15, 0.2) is 17.5 Å². The van der Waals surface area contributed by atoms with Gasteiger partial charge >= 0.3 is 0 Å². The first kappa shape index (κ1) is 16.5. The van der Waals surface area contributed by atoms with Crippen LogP contribution in [0.2, 0.25) is 0 Å². The van der Waals surface area contributed by atoms with Crippen molar-refractivity contribution in [2.24, 2.45) is 5.73 Å². The fraction of sp³-hybridized carbons (Fsp3) is 0.615. The van der Waals surface area contributed by atoms with E-state index in [0.29, 0.717) is 26.1 Å². The molecule has 1 heterocycles. The zero-order valence-corrected chi connectivity index (χ0v) is 13.1. The van der Waals surface area contributed by atoms with Gasteiger partial charge in [0.25, 0.3) is 0 Å². The number of carbonyl (C=O) groups excluding carboxylic acids is 1. The Morgan fingerprint density at radius 2 is 2.42 bits per heavy atom. The molecule has 0 saturated heterocycles. The fourth-order valence-electron chi connectivity index (χ4n) is 1.66. The van der Waals surface area contributed by atoms with E-state index in [2.05, 4.69) is 0 Å². The van der Waals surface area contributed by atoms with E-state index in [-0.39, 0.29) is 5.91 Å². The Kier molecular flexibility index (Phi) is 8.13. The van der Waals surface area contributed by atoms with E-state index >= 15 is 0 Å². The highest BCUT2D eigenvalue weighted by Crippen LogP contribution is 2.13. The predicted octanol–water partition coefficient (Wildman–Crippen LogP) is 1.80. The molecular weight excluding hydrogens is 280 g/mol. The molecule has 0 aliphatic rings. The summed E-state index contributed by atoms with van der Waals surface area (Å²) in [6, 6.07) is 3.61. The van der Waals surface area contributed by atoms with Crippen molar-refractivity contribution in [2.75, 3.05) is 32.3 Å². The van der Waals surface area contributed by atoms with E-state index in [0.717, 1.165) is 5.75 Å². The standard InChI is InChI=1S/C13H22N2O2S2/c1-17-7-6-15(10-11-4-3-8-19-11)13(16)12(14)5-9-18-2/h3-4,8,12H,5-7,9-10,14H2,1-2H3/t12-/m0/s1. The van der Waals surface area contributed by atoms with Gasteiger partial charge in [-0.3, -0.25) is 4.79 Å². The van der Waals surface area contributed by atoms with Gasteiger partial charge in [0.15, 0.2) is 0 Å². The summed E-state index contributed by atoms with van der Waals surface area (Å²) in [5.41, 5.74) is 5.96. The molecule has 4 nitrogen and oxygen atoms in total. The van der Waals surface area contributed by atoms with Gasteiger partial charge < -0.3 is 15.4 Å². The van der Waals surface area contributed by atoms with Gasteiger partial charge in [0.05, 0.1) is 19.2 Å². The summed E-state index contributed by atoms with van der Waals surface area (Å²) < 4.78 is 5.07. The van der Waals surface area contributed by atoms with Crippen molar-refractivity contribution in [3.05, 3.63) is 22.4 Å². The second-order valence-corrected chi connectivity index (χ2v) is 6.24. The minimum atomic E-state index is -0.413. The van der Waals surface area contributed by atoms with E-state index in [9.17, 15) is 4.79 Å². The number of amides is 1. The molecule has 0 aromatic carbocycles. The first-order valence-corrected chi connectivity index (χ1v) is 8.51. The predicted molar refractivity (Wildman–Crippen MR) is 82.6 cm³/mol. The zero-order chi connectivity index (χ0) is 14.1. The second kappa shape index (κ2) is 9.36. The van der Waals surface area contributed by atoms with Crippen molar-refractivity contribution in [1.29, 1.82) is 0 Å². The Bertz CT molecular complexity index is 358. The molecule has 1 rings (SSSR count). The lowest BCUT2D eigenvalue weighted by atomic mass is 10.2. The fourth-order valence-corrected chi connectivity index (χ4v) is 2.87. The second-order valence-electron chi connectivity index (χ2n) is 4.22. The first-order chi connectivity index (χ1) is 9.19. The van der Waals surface area contributed by atoms with Crippen LogP contribution < -0.4 is 5.73 Å². The highest BCUT2D eigenvalue weighted by Gasteiger charge is 2.20. The molecule has 0 aliphatic heterocycles. The summed E-state index contributed by atoms with van der Waals surface area (Å²) in [5, 5.41) is 2.02. The maximum absolute atomic E-state index is 12.3. The number of ether oxygens (including phenoxy) is 1. The number of thiophene rings is 1. The largest absolute Gasteiger partial charge is 0.383 e. The Hall–Kier alpha value is -0.560. The lowest BCUT2D eigenvalue weighted by Gasteiger charge is -2.25. The molecule has 19 heavy (non-hydrogen) atoms. The number of methoxy groups -OCH3 is 1. The van der Waals surface area contributed by atoms with Crippen LogP contribution in [0.5, 0.6) is 0 Å². The first-order valence-electron chi connectivity index (χ1n) is 6.23. The third-order valence-corrected chi connectivity index (χ3v) is 4.26. The van der Waals surface area contributed by atoms with E-state index < -0.39 is 6.04 Å². The average Bonchev–Trinajstić information content (AvgIpc) is 2.92. The van der Waals surface area contributed by atoms with Crippen molar-refractivity contribution in [3.63, 3.8) is 0 Å². The highest BCUT2D eigenvalue weighted by molar-refractivity contribution is 7.98. The molecule has 0 bridgehead atoms. The van der Waals surface area contributed by atoms with Gasteiger partial charge in [-0.1, -0.05) is 6.07 Å². The monoisotopic (exact) mass is 302 g/mol. The molecule has 1 aromatic heterocycles. The van der Waals surface area contributed by atoms with E-state index in [1.807, 2.05) is 23.8 Å². The smallest absolute Gasteiger partial charge is 0.239 e. The molecule has 0 aliphatic carbocycles. The van der Waals surface area contributed by atoms with Crippen LogP contribution >= 0.6 is 23.1 Å². The van der Waals surface area contributed by atoms with Crippen molar-refractivity contribution in [3.8, 4) is 0 Å². The number of thioether (sulfide) groups is 1. The van der Waals surface area contributed by atoms with Gasteiger partial charge in [0, 0.05) is 18.5 Å². The zero-order valence-electron chi connectivity index (χ0n) is 11.5. The van der Waals surface area contributed by atoms with Crippen molar-refractivity contribution < 1.29 is 9.53 Å². The highest BCUT2D eigenvalue weighted by atomic mass is 32.2. The maximum atomic E-state index is 12.3. The number of nitrogens with two attached hydrogens (primary N) is 1. The number of nitrogens with zero attached hydrogens (tertiary/aromatic N) is 1. The number of carbonyl (C=O) groups is 1.